The summed E-state index contributed by atoms with van der Waals surface area (Å²) >= 11 is 7.38. The number of thioether (sulfide) groups is 1. The van der Waals surface area contributed by atoms with E-state index in [9.17, 15) is 17.6 Å². The molecule has 0 aliphatic rings. The van der Waals surface area contributed by atoms with Gasteiger partial charge in [0.1, 0.15) is 17.6 Å². The lowest BCUT2D eigenvalue weighted by Crippen LogP contribution is -2.49. The largest absolute Gasteiger partial charge is 0.468 e. The van der Waals surface area contributed by atoms with Crippen LogP contribution in [0.4, 0.5) is 10.1 Å². The zero-order chi connectivity index (χ0) is 20.7. The number of carbonyl (C=O) groups excluding carboxylic acids is 1. The molecule has 0 bridgehead atoms. The van der Waals surface area contributed by atoms with Gasteiger partial charge in [0, 0.05) is 12.3 Å². The number of amides is 1. The number of sulfonamides is 1. The lowest BCUT2D eigenvalue weighted by atomic mass is 10.2. The predicted molar refractivity (Wildman–Crippen MR) is 111 cm³/mol. The minimum absolute atomic E-state index is 0.142. The Bertz CT molecular complexity index is 891. The maximum atomic E-state index is 13.5. The van der Waals surface area contributed by atoms with E-state index in [2.05, 4.69) is 5.32 Å². The van der Waals surface area contributed by atoms with Gasteiger partial charge in [-0.1, -0.05) is 18.5 Å². The number of hydrogen-bond donors (Lipinski definition) is 1. The molecule has 0 spiro atoms. The van der Waals surface area contributed by atoms with Gasteiger partial charge < -0.3 is 9.73 Å². The molecule has 1 amide bonds. The molecule has 0 saturated carbocycles. The average Bonchev–Trinajstić information content (AvgIpc) is 3.14. The molecular formula is C18H22ClFN2O4S2. The molecule has 0 aliphatic carbocycles. The average molecular weight is 449 g/mol. The molecule has 154 valence electrons. The molecule has 6 nitrogen and oxygen atoms in total. The van der Waals surface area contributed by atoms with E-state index in [1.165, 1.54) is 12.1 Å². The van der Waals surface area contributed by atoms with E-state index in [0.29, 0.717) is 18.1 Å². The quantitative estimate of drug-likeness (QED) is 0.561. The van der Waals surface area contributed by atoms with Crippen molar-refractivity contribution < 1.29 is 22.0 Å². The van der Waals surface area contributed by atoms with Crippen LogP contribution in [-0.2, 0) is 20.6 Å². The second kappa shape index (κ2) is 10.2. The third-order valence-electron chi connectivity index (χ3n) is 3.86. The third kappa shape index (κ3) is 6.15. The highest BCUT2D eigenvalue weighted by molar-refractivity contribution is 7.98. The molecule has 0 unspecified atom stereocenters. The number of anilines is 1. The van der Waals surface area contributed by atoms with Gasteiger partial charge in [-0.3, -0.25) is 9.10 Å². The number of rotatable bonds is 10. The SMILES string of the molecule is CC[C@H](C(=O)NCCSCc1ccco1)N(c1ccc(F)c(Cl)c1)S(C)(=O)=O. The van der Waals surface area contributed by atoms with Crippen molar-refractivity contribution in [1.29, 1.82) is 0 Å². The van der Waals surface area contributed by atoms with Crippen molar-refractivity contribution in [1.82, 2.24) is 5.32 Å². The van der Waals surface area contributed by atoms with Gasteiger partial charge in [0.25, 0.3) is 0 Å². The fraction of sp³-hybridized carbons (Fsp3) is 0.389. The maximum Gasteiger partial charge on any atom is 0.243 e. The number of benzene rings is 1. The van der Waals surface area contributed by atoms with Crippen LogP contribution < -0.4 is 9.62 Å². The Labute approximate surface area is 173 Å². The van der Waals surface area contributed by atoms with Crippen molar-refractivity contribution in [3.63, 3.8) is 0 Å². The Kier molecular flexibility index (Phi) is 8.21. The van der Waals surface area contributed by atoms with Gasteiger partial charge in [-0.05, 0) is 36.8 Å². The molecule has 0 radical (unpaired) electrons. The minimum atomic E-state index is -3.79. The Morgan fingerprint density at radius 3 is 2.71 bits per heavy atom. The summed E-state index contributed by atoms with van der Waals surface area (Å²) in [5.74, 6) is 1.09. The fourth-order valence-corrected chi connectivity index (χ4v) is 4.75. The molecule has 1 atom stereocenters. The molecule has 0 aliphatic heterocycles. The van der Waals surface area contributed by atoms with Crippen LogP contribution in [0.1, 0.15) is 19.1 Å². The van der Waals surface area contributed by atoms with E-state index in [-0.39, 0.29) is 17.1 Å². The first-order chi connectivity index (χ1) is 13.2. The first-order valence-corrected chi connectivity index (χ1v) is 11.9. The van der Waals surface area contributed by atoms with E-state index in [0.717, 1.165) is 22.4 Å². The lowest BCUT2D eigenvalue weighted by Gasteiger charge is -2.30. The van der Waals surface area contributed by atoms with Crippen LogP contribution in [0.25, 0.3) is 0 Å². The zero-order valence-electron chi connectivity index (χ0n) is 15.5. The summed E-state index contributed by atoms with van der Waals surface area (Å²) in [5.41, 5.74) is 0.142. The Balaban J connectivity index is 2.03. The predicted octanol–water partition coefficient (Wildman–Crippen LogP) is 3.67. The van der Waals surface area contributed by atoms with Gasteiger partial charge in [-0.25, -0.2) is 12.8 Å². The van der Waals surface area contributed by atoms with Crippen molar-refractivity contribution in [2.75, 3.05) is 22.9 Å². The lowest BCUT2D eigenvalue weighted by molar-refractivity contribution is -0.122. The molecule has 28 heavy (non-hydrogen) atoms. The van der Waals surface area contributed by atoms with Crippen molar-refractivity contribution in [3.05, 3.63) is 53.2 Å². The monoisotopic (exact) mass is 448 g/mol. The normalized spacial score (nSPS) is 12.6. The van der Waals surface area contributed by atoms with Crippen molar-refractivity contribution >= 4 is 45.0 Å². The number of hydrogen-bond acceptors (Lipinski definition) is 5. The smallest absolute Gasteiger partial charge is 0.243 e. The molecule has 1 heterocycles. The highest BCUT2D eigenvalue weighted by Gasteiger charge is 2.31. The molecular weight excluding hydrogens is 427 g/mol. The summed E-state index contributed by atoms with van der Waals surface area (Å²) in [7, 11) is -3.79. The second-order valence-electron chi connectivity index (χ2n) is 6.00. The zero-order valence-corrected chi connectivity index (χ0v) is 17.9. The third-order valence-corrected chi connectivity index (χ3v) is 6.31. The van der Waals surface area contributed by atoms with Gasteiger partial charge in [-0.15, -0.1) is 0 Å². The summed E-state index contributed by atoms with van der Waals surface area (Å²) in [6.07, 6.45) is 2.85. The Morgan fingerprint density at radius 1 is 1.39 bits per heavy atom. The van der Waals surface area contributed by atoms with Crippen LogP contribution >= 0.6 is 23.4 Å². The van der Waals surface area contributed by atoms with Gasteiger partial charge >= 0.3 is 0 Å². The molecule has 10 heteroatoms. The summed E-state index contributed by atoms with van der Waals surface area (Å²) in [6, 6.07) is 6.28. The summed E-state index contributed by atoms with van der Waals surface area (Å²) < 4.78 is 44.3. The van der Waals surface area contributed by atoms with Gasteiger partial charge in [0.15, 0.2) is 0 Å². The van der Waals surface area contributed by atoms with Gasteiger partial charge in [0.2, 0.25) is 15.9 Å². The highest BCUT2D eigenvalue weighted by atomic mass is 35.5. The van der Waals surface area contributed by atoms with Crippen LogP contribution in [0.2, 0.25) is 5.02 Å². The van der Waals surface area contributed by atoms with Crippen molar-refractivity contribution in [2.24, 2.45) is 0 Å². The summed E-state index contributed by atoms with van der Waals surface area (Å²) in [6.45, 7) is 2.09. The summed E-state index contributed by atoms with van der Waals surface area (Å²) in [4.78, 5) is 12.6. The molecule has 1 N–H and O–H groups in total. The fourth-order valence-electron chi connectivity index (χ4n) is 2.61. The summed E-state index contributed by atoms with van der Waals surface area (Å²) in [5, 5.41) is 2.55. The maximum absolute atomic E-state index is 13.5. The molecule has 1 aromatic carbocycles. The van der Waals surface area contributed by atoms with Crippen LogP contribution in [0.5, 0.6) is 0 Å². The number of carbonyl (C=O) groups is 1. The number of nitrogens with zero attached hydrogens (tertiary/aromatic N) is 1. The number of nitrogens with one attached hydrogen (secondary N) is 1. The van der Waals surface area contributed by atoms with Gasteiger partial charge in [-0.2, -0.15) is 11.8 Å². The number of halogens is 2. The van der Waals surface area contributed by atoms with E-state index < -0.39 is 27.8 Å². The van der Waals surface area contributed by atoms with Crippen molar-refractivity contribution in [3.8, 4) is 0 Å². The first-order valence-electron chi connectivity index (χ1n) is 8.56. The van der Waals surface area contributed by atoms with Crippen LogP contribution in [0.15, 0.2) is 41.0 Å². The molecule has 0 saturated heterocycles. The van der Waals surface area contributed by atoms with Crippen LogP contribution in [0.3, 0.4) is 0 Å². The van der Waals surface area contributed by atoms with E-state index >= 15 is 0 Å². The topological polar surface area (TPSA) is 79.6 Å². The minimum Gasteiger partial charge on any atom is -0.468 e. The van der Waals surface area contributed by atoms with E-state index in [1.807, 2.05) is 12.1 Å². The second-order valence-corrected chi connectivity index (χ2v) is 9.38. The van der Waals surface area contributed by atoms with Crippen LogP contribution in [-0.4, -0.2) is 38.9 Å². The molecule has 2 aromatic rings. The molecule has 0 fully saturated rings. The Morgan fingerprint density at radius 2 is 2.14 bits per heavy atom. The van der Waals surface area contributed by atoms with E-state index in [4.69, 9.17) is 16.0 Å². The highest BCUT2D eigenvalue weighted by Crippen LogP contribution is 2.27. The van der Waals surface area contributed by atoms with E-state index in [1.54, 1.807) is 24.9 Å². The molecule has 2 rings (SSSR count). The first kappa shape index (κ1) is 22.6. The standard InChI is InChI=1S/C18H22ClFN2O4S2/c1-3-17(18(23)21-8-10-27-12-14-5-4-9-26-14)22(28(2,24)25)13-6-7-16(20)15(19)11-13/h4-7,9,11,17H,3,8,10,12H2,1-2H3,(H,21,23)/t17-/m1/s1. The molecule has 1 aromatic heterocycles. The number of furan rings is 1. The van der Waals surface area contributed by atoms with Crippen LogP contribution in [0, 0.1) is 5.82 Å². The van der Waals surface area contributed by atoms with Gasteiger partial charge in [0.05, 0.1) is 29.0 Å². The Hall–Kier alpha value is -1.71. The van der Waals surface area contributed by atoms with Crippen molar-refractivity contribution in [2.45, 2.75) is 25.1 Å².